The average Bonchev–Trinajstić information content (AvgIpc) is 2.51. The van der Waals surface area contributed by atoms with E-state index < -0.39 is 0 Å². The molecule has 3 nitrogen and oxygen atoms in total. The standard InChI is InChI=1S/C18H19N3/c1-13-8-10-14(11-9-13)16-12-17(21(2)18(19)20-16)15-6-4-3-5-7-15/h3-12,17H,1-2H3,(H2,19,20). The minimum absolute atomic E-state index is 0.111. The smallest absolute Gasteiger partial charge is 0.197 e. The maximum Gasteiger partial charge on any atom is 0.197 e. The lowest BCUT2D eigenvalue weighted by molar-refractivity contribution is 0.429. The predicted octanol–water partition coefficient (Wildman–Crippen LogP) is 3.34. The summed E-state index contributed by atoms with van der Waals surface area (Å²) in [5.41, 5.74) is 10.6. The van der Waals surface area contributed by atoms with Crippen LogP contribution < -0.4 is 5.73 Å². The summed E-state index contributed by atoms with van der Waals surface area (Å²) in [6, 6.07) is 18.8. The minimum atomic E-state index is 0.111. The van der Waals surface area contributed by atoms with E-state index in [-0.39, 0.29) is 6.04 Å². The van der Waals surface area contributed by atoms with Crippen LogP contribution in [-0.2, 0) is 0 Å². The van der Waals surface area contributed by atoms with Crippen molar-refractivity contribution in [2.24, 2.45) is 10.7 Å². The third-order valence-electron chi connectivity index (χ3n) is 3.82. The Balaban J connectivity index is 2.02. The van der Waals surface area contributed by atoms with E-state index >= 15 is 0 Å². The van der Waals surface area contributed by atoms with Crippen LogP contribution in [0.3, 0.4) is 0 Å². The quantitative estimate of drug-likeness (QED) is 0.914. The molecule has 0 radical (unpaired) electrons. The normalized spacial score (nSPS) is 18.2. The number of guanidine groups is 1. The van der Waals surface area contributed by atoms with Crippen LogP contribution in [0.15, 0.2) is 65.7 Å². The molecule has 3 heteroatoms. The summed E-state index contributed by atoms with van der Waals surface area (Å²) in [6.07, 6.45) is 2.16. The van der Waals surface area contributed by atoms with Crippen molar-refractivity contribution in [1.82, 2.24) is 4.90 Å². The summed E-state index contributed by atoms with van der Waals surface area (Å²) in [6.45, 7) is 2.08. The Morgan fingerprint density at radius 1 is 1.00 bits per heavy atom. The van der Waals surface area contributed by atoms with Crippen LogP contribution in [0.2, 0.25) is 0 Å². The summed E-state index contributed by atoms with van der Waals surface area (Å²) in [5.74, 6) is 0.543. The maximum absolute atomic E-state index is 6.10. The second-order valence-corrected chi connectivity index (χ2v) is 5.35. The molecule has 0 saturated heterocycles. The van der Waals surface area contributed by atoms with Crippen molar-refractivity contribution in [3.05, 3.63) is 77.4 Å². The molecule has 1 heterocycles. The maximum atomic E-state index is 6.10. The summed E-state index contributed by atoms with van der Waals surface area (Å²) in [4.78, 5) is 6.51. The topological polar surface area (TPSA) is 41.6 Å². The van der Waals surface area contributed by atoms with Crippen molar-refractivity contribution in [3.63, 3.8) is 0 Å². The first-order valence-corrected chi connectivity index (χ1v) is 7.06. The van der Waals surface area contributed by atoms with Gasteiger partial charge in [-0.25, -0.2) is 4.99 Å². The van der Waals surface area contributed by atoms with Crippen LogP contribution in [0, 0.1) is 6.92 Å². The molecule has 2 aromatic rings. The zero-order valence-corrected chi connectivity index (χ0v) is 12.3. The van der Waals surface area contributed by atoms with Gasteiger partial charge in [0.25, 0.3) is 0 Å². The van der Waals surface area contributed by atoms with Gasteiger partial charge in [0.05, 0.1) is 11.7 Å². The number of hydrogen-bond donors (Lipinski definition) is 1. The monoisotopic (exact) mass is 277 g/mol. The number of nitrogens with zero attached hydrogens (tertiary/aromatic N) is 2. The second-order valence-electron chi connectivity index (χ2n) is 5.35. The Labute approximate surface area is 125 Å². The molecule has 0 aliphatic carbocycles. The van der Waals surface area contributed by atoms with E-state index in [1.165, 1.54) is 11.1 Å². The van der Waals surface area contributed by atoms with E-state index in [0.717, 1.165) is 11.3 Å². The molecule has 2 N–H and O–H groups in total. The van der Waals surface area contributed by atoms with Gasteiger partial charge < -0.3 is 10.6 Å². The molecule has 1 unspecified atom stereocenters. The van der Waals surface area contributed by atoms with E-state index in [0.29, 0.717) is 5.96 Å². The fourth-order valence-corrected chi connectivity index (χ4v) is 2.50. The van der Waals surface area contributed by atoms with Crippen LogP contribution in [0.1, 0.15) is 22.7 Å². The number of aliphatic imine (C=N–C) groups is 1. The van der Waals surface area contributed by atoms with Gasteiger partial charge in [-0.3, -0.25) is 0 Å². The summed E-state index contributed by atoms with van der Waals surface area (Å²) in [7, 11) is 1.97. The van der Waals surface area contributed by atoms with Gasteiger partial charge in [0.15, 0.2) is 5.96 Å². The van der Waals surface area contributed by atoms with Crippen molar-refractivity contribution >= 4 is 11.7 Å². The largest absolute Gasteiger partial charge is 0.369 e. The van der Waals surface area contributed by atoms with E-state index in [1.54, 1.807) is 0 Å². The molecule has 0 fully saturated rings. The summed E-state index contributed by atoms with van der Waals surface area (Å²) >= 11 is 0. The van der Waals surface area contributed by atoms with Crippen molar-refractivity contribution in [2.75, 3.05) is 7.05 Å². The van der Waals surface area contributed by atoms with Crippen molar-refractivity contribution < 1.29 is 0 Å². The van der Waals surface area contributed by atoms with Crippen LogP contribution in [0.5, 0.6) is 0 Å². The predicted molar refractivity (Wildman–Crippen MR) is 87.7 cm³/mol. The number of benzene rings is 2. The highest BCUT2D eigenvalue weighted by molar-refractivity contribution is 5.88. The Bertz CT molecular complexity index is 684. The lowest BCUT2D eigenvalue weighted by Crippen LogP contribution is -2.38. The Morgan fingerprint density at radius 2 is 1.67 bits per heavy atom. The summed E-state index contributed by atoms with van der Waals surface area (Å²) in [5, 5.41) is 0. The van der Waals surface area contributed by atoms with Gasteiger partial charge in [0.2, 0.25) is 0 Å². The zero-order valence-electron chi connectivity index (χ0n) is 12.3. The fraction of sp³-hybridized carbons (Fsp3) is 0.167. The SMILES string of the molecule is Cc1ccc(C2=CC(c3ccccc3)N(C)C(N)=N2)cc1. The van der Waals surface area contributed by atoms with Crippen molar-refractivity contribution in [2.45, 2.75) is 13.0 Å². The number of nitrogens with two attached hydrogens (primary N) is 1. The second kappa shape index (κ2) is 5.44. The van der Waals surface area contributed by atoms with Crippen molar-refractivity contribution in [3.8, 4) is 0 Å². The van der Waals surface area contributed by atoms with Crippen LogP contribution in [0.25, 0.3) is 5.70 Å². The molecule has 0 bridgehead atoms. The zero-order chi connectivity index (χ0) is 14.8. The Hall–Kier alpha value is -2.55. The lowest BCUT2D eigenvalue weighted by Gasteiger charge is -2.31. The highest BCUT2D eigenvalue weighted by atomic mass is 15.3. The lowest BCUT2D eigenvalue weighted by atomic mass is 10.0. The van der Waals surface area contributed by atoms with Crippen molar-refractivity contribution in [1.29, 1.82) is 0 Å². The molecule has 106 valence electrons. The van der Waals surface area contributed by atoms with Gasteiger partial charge >= 0.3 is 0 Å². The van der Waals surface area contributed by atoms with E-state index in [9.17, 15) is 0 Å². The van der Waals surface area contributed by atoms with Gasteiger partial charge in [-0.2, -0.15) is 0 Å². The Morgan fingerprint density at radius 3 is 2.33 bits per heavy atom. The molecule has 1 atom stereocenters. The molecule has 2 aromatic carbocycles. The van der Waals surface area contributed by atoms with E-state index in [4.69, 9.17) is 5.73 Å². The average molecular weight is 277 g/mol. The molecular formula is C18H19N3. The van der Waals surface area contributed by atoms with E-state index in [1.807, 2.05) is 30.1 Å². The van der Waals surface area contributed by atoms with Crippen LogP contribution in [0.4, 0.5) is 0 Å². The molecule has 1 aliphatic heterocycles. The number of aryl methyl sites for hydroxylation is 1. The Kier molecular flexibility index (Phi) is 3.48. The molecule has 0 saturated carbocycles. The molecule has 0 spiro atoms. The van der Waals surface area contributed by atoms with Crippen LogP contribution in [-0.4, -0.2) is 17.9 Å². The number of likely N-dealkylation sites (N-methyl/N-ethyl adjacent to an activating group) is 1. The minimum Gasteiger partial charge on any atom is -0.369 e. The van der Waals surface area contributed by atoms with E-state index in [2.05, 4.69) is 54.4 Å². The molecule has 0 aromatic heterocycles. The van der Waals surface area contributed by atoms with Gasteiger partial charge in [0.1, 0.15) is 0 Å². The number of hydrogen-bond acceptors (Lipinski definition) is 3. The highest BCUT2D eigenvalue weighted by Gasteiger charge is 2.22. The first kappa shape index (κ1) is 13.4. The first-order valence-electron chi connectivity index (χ1n) is 7.06. The fourth-order valence-electron chi connectivity index (χ4n) is 2.50. The van der Waals surface area contributed by atoms with Gasteiger partial charge in [-0.05, 0) is 18.6 Å². The highest BCUT2D eigenvalue weighted by Crippen LogP contribution is 2.30. The number of rotatable bonds is 2. The molecule has 1 aliphatic rings. The summed E-state index contributed by atoms with van der Waals surface area (Å²) < 4.78 is 0. The third-order valence-corrected chi connectivity index (χ3v) is 3.82. The molecule has 0 amide bonds. The van der Waals surface area contributed by atoms with Crippen LogP contribution >= 0.6 is 0 Å². The van der Waals surface area contributed by atoms with Gasteiger partial charge in [0, 0.05) is 12.6 Å². The molecular weight excluding hydrogens is 258 g/mol. The van der Waals surface area contributed by atoms with Gasteiger partial charge in [-0.1, -0.05) is 60.2 Å². The first-order chi connectivity index (χ1) is 10.1. The molecule has 3 rings (SSSR count). The van der Waals surface area contributed by atoms with Gasteiger partial charge in [-0.15, -0.1) is 0 Å². The third kappa shape index (κ3) is 2.68. The molecule has 21 heavy (non-hydrogen) atoms.